The fraction of sp³-hybridized carbons (Fsp3) is 1.00. The summed E-state index contributed by atoms with van der Waals surface area (Å²) in [6.45, 7) is 12.6. The topological polar surface area (TPSA) is 6.48 Å². The van der Waals surface area contributed by atoms with Gasteiger partial charge in [0.2, 0.25) is 0 Å². The van der Waals surface area contributed by atoms with Gasteiger partial charge in [-0.3, -0.25) is 0 Å². The van der Waals surface area contributed by atoms with Gasteiger partial charge in [0.05, 0.1) is 0 Å². The summed E-state index contributed by atoms with van der Waals surface area (Å²) in [5.74, 6) is 1.93. The Morgan fingerprint density at radius 3 is 2.00 bits per heavy atom. The highest BCUT2D eigenvalue weighted by Crippen LogP contribution is 2.28. The average molecular weight is 196 g/mol. The van der Waals surface area contributed by atoms with Crippen LogP contribution < -0.4 is 0 Å². The molecule has 0 aromatic rings. The molecule has 2 fully saturated rings. The molecule has 2 saturated heterocycles. The predicted molar refractivity (Wildman–Crippen MR) is 60.4 cm³/mol. The molecule has 0 radical (unpaired) electrons. The summed E-state index contributed by atoms with van der Waals surface area (Å²) in [7, 11) is 0. The predicted octanol–water partition coefficient (Wildman–Crippen LogP) is 1.67. The maximum absolute atomic E-state index is 2.69. The molecule has 14 heavy (non-hydrogen) atoms. The molecule has 0 aliphatic carbocycles. The van der Waals surface area contributed by atoms with Crippen LogP contribution in [0.25, 0.3) is 0 Å². The van der Waals surface area contributed by atoms with E-state index >= 15 is 0 Å². The van der Waals surface area contributed by atoms with Gasteiger partial charge in [0, 0.05) is 26.2 Å². The molecule has 2 aliphatic heterocycles. The van der Waals surface area contributed by atoms with Crippen molar-refractivity contribution in [2.45, 2.75) is 26.7 Å². The van der Waals surface area contributed by atoms with E-state index in [2.05, 4.69) is 23.6 Å². The van der Waals surface area contributed by atoms with E-state index in [1.807, 2.05) is 0 Å². The molecule has 0 spiro atoms. The van der Waals surface area contributed by atoms with E-state index in [1.165, 1.54) is 52.1 Å². The first-order valence-electron chi connectivity index (χ1n) is 6.26. The molecule has 0 saturated carbocycles. The number of hydrogen-bond acceptors (Lipinski definition) is 2. The molecule has 2 aliphatic rings. The fourth-order valence-electron chi connectivity index (χ4n) is 3.25. The molecule has 2 nitrogen and oxygen atoms in total. The van der Waals surface area contributed by atoms with Crippen LogP contribution in [0.1, 0.15) is 26.7 Å². The van der Waals surface area contributed by atoms with Crippen LogP contribution in [0.15, 0.2) is 0 Å². The Labute approximate surface area is 88.3 Å². The molecule has 2 rings (SSSR count). The SMILES string of the molecule is CCCN1CC2CC(CN(CC)C2)C1. The van der Waals surface area contributed by atoms with Crippen LogP contribution in [-0.2, 0) is 0 Å². The van der Waals surface area contributed by atoms with Crippen LogP contribution in [0.3, 0.4) is 0 Å². The van der Waals surface area contributed by atoms with Gasteiger partial charge < -0.3 is 9.80 Å². The first-order chi connectivity index (χ1) is 6.81. The zero-order valence-corrected chi connectivity index (χ0v) is 9.71. The molecule has 0 aromatic heterocycles. The third-order valence-corrected chi connectivity index (χ3v) is 3.72. The van der Waals surface area contributed by atoms with Crippen LogP contribution >= 0.6 is 0 Å². The summed E-state index contributed by atoms with van der Waals surface area (Å²) in [5, 5.41) is 0. The lowest BCUT2D eigenvalue weighted by Gasteiger charge is -2.45. The second-order valence-electron chi connectivity index (χ2n) is 5.08. The van der Waals surface area contributed by atoms with E-state index in [0.717, 1.165) is 11.8 Å². The fourth-order valence-corrected chi connectivity index (χ4v) is 3.25. The van der Waals surface area contributed by atoms with Crippen molar-refractivity contribution in [3.63, 3.8) is 0 Å². The summed E-state index contributed by atoms with van der Waals surface area (Å²) in [5.41, 5.74) is 0. The summed E-state index contributed by atoms with van der Waals surface area (Å²) in [6.07, 6.45) is 2.81. The molecule has 0 aromatic carbocycles. The third-order valence-electron chi connectivity index (χ3n) is 3.72. The van der Waals surface area contributed by atoms with Crippen molar-refractivity contribution >= 4 is 0 Å². The molecule has 2 bridgehead atoms. The lowest BCUT2D eigenvalue weighted by atomic mass is 9.84. The summed E-state index contributed by atoms with van der Waals surface area (Å²) in [6, 6.07) is 0. The molecule has 82 valence electrons. The van der Waals surface area contributed by atoms with Gasteiger partial charge in [0.15, 0.2) is 0 Å². The quantitative estimate of drug-likeness (QED) is 0.677. The van der Waals surface area contributed by atoms with Crippen LogP contribution in [0.2, 0.25) is 0 Å². The Morgan fingerprint density at radius 2 is 1.50 bits per heavy atom. The van der Waals surface area contributed by atoms with E-state index in [9.17, 15) is 0 Å². The van der Waals surface area contributed by atoms with E-state index in [4.69, 9.17) is 0 Å². The largest absolute Gasteiger partial charge is 0.303 e. The first-order valence-corrected chi connectivity index (χ1v) is 6.26. The molecule has 0 amide bonds. The number of hydrogen-bond donors (Lipinski definition) is 0. The van der Waals surface area contributed by atoms with Gasteiger partial charge in [-0.1, -0.05) is 13.8 Å². The Kier molecular flexibility index (Phi) is 3.45. The van der Waals surface area contributed by atoms with Gasteiger partial charge in [-0.25, -0.2) is 0 Å². The lowest BCUT2D eigenvalue weighted by Crippen LogP contribution is -2.52. The van der Waals surface area contributed by atoms with Crippen molar-refractivity contribution < 1.29 is 0 Å². The maximum atomic E-state index is 2.69. The van der Waals surface area contributed by atoms with Gasteiger partial charge >= 0.3 is 0 Å². The molecular formula is C12H24N2. The molecule has 2 heterocycles. The third kappa shape index (κ3) is 2.29. The van der Waals surface area contributed by atoms with E-state index in [1.54, 1.807) is 0 Å². The van der Waals surface area contributed by atoms with Crippen molar-refractivity contribution in [3.05, 3.63) is 0 Å². The monoisotopic (exact) mass is 196 g/mol. The minimum absolute atomic E-state index is 0.967. The number of likely N-dealkylation sites (tertiary alicyclic amines) is 2. The van der Waals surface area contributed by atoms with Crippen molar-refractivity contribution in [2.24, 2.45) is 11.8 Å². The zero-order chi connectivity index (χ0) is 9.97. The van der Waals surface area contributed by atoms with E-state index in [0.29, 0.717) is 0 Å². The smallest absolute Gasteiger partial charge is 0.00221 e. The Morgan fingerprint density at radius 1 is 0.929 bits per heavy atom. The second kappa shape index (κ2) is 4.63. The Balaban J connectivity index is 1.88. The minimum Gasteiger partial charge on any atom is -0.303 e. The summed E-state index contributed by atoms with van der Waals surface area (Å²) < 4.78 is 0. The van der Waals surface area contributed by atoms with Gasteiger partial charge in [-0.15, -0.1) is 0 Å². The number of piperidine rings is 2. The van der Waals surface area contributed by atoms with Gasteiger partial charge in [-0.05, 0) is 37.8 Å². The van der Waals surface area contributed by atoms with Crippen LogP contribution in [-0.4, -0.2) is 49.1 Å². The standard InChI is InChI=1S/C12H24N2/c1-3-5-14-9-11-6-12(10-14)8-13(4-2)7-11/h11-12H,3-10H2,1-2H3. The molecule has 2 unspecified atom stereocenters. The van der Waals surface area contributed by atoms with Crippen molar-refractivity contribution in [2.75, 3.05) is 39.3 Å². The van der Waals surface area contributed by atoms with Crippen molar-refractivity contribution in [3.8, 4) is 0 Å². The highest BCUT2D eigenvalue weighted by Gasteiger charge is 2.32. The van der Waals surface area contributed by atoms with Crippen molar-refractivity contribution in [1.29, 1.82) is 0 Å². The Hall–Kier alpha value is -0.0800. The average Bonchev–Trinajstić information content (AvgIpc) is 2.16. The summed E-state index contributed by atoms with van der Waals surface area (Å²) in [4.78, 5) is 5.33. The molecular weight excluding hydrogens is 172 g/mol. The van der Waals surface area contributed by atoms with Gasteiger partial charge in [0.1, 0.15) is 0 Å². The van der Waals surface area contributed by atoms with Gasteiger partial charge in [0.25, 0.3) is 0 Å². The van der Waals surface area contributed by atoms with Crippen LogP contribution in [0.5, 0.6) is 0 Å². The van der Waals surface area contributed by atoms with Gasteiger partial charge in [-0.2, -0.15) is 0 Å². The normalized spacial score (nSPS) is 34.7. The molecule has 0 N–H and O–H groups in total. The van der Waals surface area contributed by atoms with Crippen molar-refractivity contribution in [1.82, 2.24) is 9.80 Å². The van der Waals surface area contributed by atoms with E-state index < -0.39 is 0 Å². The maximum Gasteiger partial charge on any atom is 0.00221 e. The lowest BCUT2D eigenvalue weighted by molar-refractivity contribution is 0.0339. The summed E-state index contributed by atoms with van der Waals surface area (Å²) >= 11 is 0. The highest BCUT2D eigenvalue weighted by molar-refractivity contribution is 4.86. The molecule has 2 atom stereocenters. The van der Waals surface area contributed by atoms with Crippen LogP contribution in [0, 0.1) is 11.8 Å². The highest BCUT2D eigenvalue weighted by atomic mass is 15.2. The second-order valence-corrected chi connectivity index (χ2v) is 5.08. The van der Waals surface area contributed by atoms with Crippen LogP contribution in [0.4, 0.5) is 0 Å². The number of nitrogens with zero attached hydrogens (tertiary/aromatic N) is 2. The molecule has 2 heteroatoms. The Bertz CT molecular complexity index is 167. The minimum atomic E-state index is 0.967. The zero-order valence-electron chi connectivity index (χ0n) is 9.71. The van der Waals surface area contributed by atoms with E-state index in [-0.39, 0.29) is 0 Å². The number of fused-ring (bicyclic) bond motifs is 2. The first kappa shape index (κ1) is 10.4. The number of rotatable bonds is 3.